The molecule has 0 unspecified atom stereocenters. The molecule has 0 N–H and O–H groups in total. The number of hydrogen-bond acceptors (Lipinski definition) is 1. The van der Waals surface area contributed by atoms with Crippen LogP contribution in [0.25, 0.3) is 77.8 Å². The fourth-order valence-electron chi connectivity index (χ4n) is 11.1. The van der Waals surface area contributed by atoms with Gasteiger partial charge in [0.2, 0.25) is 0 Å². The van der Waals surface area contributed by atoms with Crippen molar-refractivity contribution in [3.8, 4) is 44.9 Å². The fraction of sp³-hybridized carbons (Fsp3) is 0.0526. The molecule has 1 aliphatic heterocycles. The molecule has 0 saturated heterocycles. The molecule has 0 bridgehead atoms. The highest BCUT2D eigenvalue weighted by atomic mass is 15.2. The van der Waals surface area contributed by atoms with Crippen molar-refractivity contribution in [1.82, 2.24) is 9.13 Å². The number of nitrogens with zero attached hydrogens (tertiary/aromatic N) is 3. The summed E-state index contributed by atoms with van der Waals surface area (Å²) in [4.78, 5) is 2.48. The van der Waals surface area contributed by atoms with Gasteiger partial charge in [0.05, 0.1) is 22.1 Å². The van der Waals surface area contributed by atoms with Crippen LogP contribution in [0.15, 0.2) is 206 Å². The van der Waals surface area contributed by atoms with E-state index in [9.17, 15) is 0 Å². The van der Waals surface area contributed by atoms with E-state index in [1.54, 1.807) is 0 Å². The van der Waals surface area contributed by atoms with Crippen LogP contribution in [0, 0.1) is 0 Å². The molecular formula is C57H39N3. The minimum Gasteiger partial charge on any atom is -0.356 e. The van der Waals surface area contributed by atoms with E-state index in [0.717, 1.165) is 17.9 Å². The Morgan fingerprint density at radius 2 is 0.950 bits per heavy atom. The van der Waals surface area contributed by atoms with E-state index < -0.39 is 5.41 Å². The summed E-state index contributed by atoms with van der Waals surface area (Å²) in [6, 6.07) is 76.3. The zero-order chi connectivity index (χ0) is 39.5. The molecule has 0 radical (unpaired) electrons. The van der Waals surface area contributed by atoms with E-state index in [1.165, 1.54) is 100 Å². The molecule has 3 heteroatoms. The number of aromatic nitrogens is 2. The Kier molecular flexibility index (Phi) is 6.92. The largest absolute Gasteiger partial charge is 0.356 e. The minimum absolute atomic E-state index is 0.408. The summed E-state index contributed by atoms with van der Waals surface area (Å²) in [5, 5.41) is 2.52. The van der Waals surface area contributed by atoms with Gasteiger partial charge >= 0.3 is 0 Å². The first-order valence-electron chi connectivity index (χ1n) is 20.9. The van der Waals surface area contributed by atoms with Gasteiger partial charge < -0.3 is 9.47 Å². The third kappa shape index (κ3) is 4.38. The Hall–Kier alpha value is -7.62. The molecule has 13 rings (SSSR count). The molecule has 8 aromatic carbocycles. The molecule has 0 fully saturated rings. The highest BCUT2D eigenvalue weighted by Gasteiger charge is 2.55. The molecule has 1 spiro atoms. The van der Waals surface area contributed by atoms with Crippen LogP contribution < -0.4 is 4.90 Å². The molecule has 0 atom stereocenters. The molecule has 282 valence electrons. The highest BCUT2D eigenvalue weighted by molar-refractivity contribution is 6.18. The molecule has 3 aliphatic rings. The third-order valence-electron chi connectivity index (χ3n) is 13.5. The zero-order valence-electron chi connectivity index (χ0n) is 33.2. The molecule has 0 saturated carbocycles. The normalized spacial score (nSPS) is 14.4. The van der Waals surface area contributed by atoms with Crippen molar-refractivity contribution in [2.75, 3.05) is 18.5 Å². The molecular weight excluding hydrogens is 727 g/mol. The maximum Gasteiger partial charge on any atom is 0.122 e. The van der Waals surface area contributed by atoms with E-state index in [1.807, 2.05) is 0 Å². The standard InChI is InChI=1S/C57H39N3/c1-58-36-47-45-20-8-12-24-50(45)57(48-22-10-6-18-43(48)44-19-7-11-23-49(44)57)55(47)54-46-21-9-14-26-52(46)60(56(54)58)42-33-29-38(30-34-42)37-27-31-41(32-28-37)59-51-25-13-5-17-40(51)35-53(59)39-15-3-2-4-16-39/h2-35H,36H2,1H3. The first-order valence-corrected chi connectivity index (χ1v) is 20.9. The van der Waals surface area contributed by atoms with Crippen LogP contribution >= 0.6 is 0 Å². The molecule has 3 heterocycles. The number of likely N-dealkylation sites (N-methyl/N-ethyl adjacent to an activating group) is 1. The fourth-order valence-corrected chi connectivity index (χ4v) is 11.1. The second kappa shape index (κ2) is 12.4. The second-order valence-electron chi connectivity index (χ2n) is 16.5. The van der Waals surface area contributed by atoms with Gasteiger partial charge in [-0.05, 0) is 104 Å². The van der Waals surface area contributed by atoms with Crippen LogP contribution in [0.1, 0.15) is 27.8 Å². The summed E-state index contributed by atoms with van der Waals surface area (Å²) in [5.74, 6) is 1.24. The molecule has 10 aromatic rings. The minimum atomic E-state index is -0.408. The lowest BCUT2D eigenvalue weighted by Crippen LogP contribution is -2.31. The molecule has 60 heavy (non-hydrogen) atoms. The Morgan fingerprint density at radius 1 is 0.433 bits per heavy atom. The smallest absolute Gasteiger partial charge is 0.122 e. The van der Waals surface area contributed by atoms with Crippen LogP contribution in [0.2, 0.25) is 0 Å². The number of hydrogen-bond donors (Lipinski definition) is 0. The third-order valence-corrected chi connectivity index (χ3v) is 13.5. The van der Waals surface area contributed by atoms with Crippen molar-refractivity contribution < 1.29 is 0 Å². The van der Waals surface area contributed by atoms with Crippen molar-refractivity contribution in [2.24, 2.45) is 0 Å². The Morgan fingerprint density at radius 3 is 1.62 bits per heavy atom. The lowest BCUT2D eigenvalue weighted by Gasteiger charge is -2.36. The number of benzene rings is 8. The summed E-state index contributed by atoms with van der Waals surface area (Å²) in [7, 11) is 2.27. The van der Waals surface area contributed by atoms with Crippen molar-refractivity contribution in [2.45, 2.75) is 5.41 Å². The van der Waals surface area contributed by atoms with E-state index in [0.29, 0.717) is 0 Å². The van der Waals surface area contributed by atoms with E-state index in [-0.39, 0.29) is 0 Å². The summed E-state index contributed by atoms with van der Waals surface area (Å²) in [6.07, 6.45) is 0. The van der Waals surface area contributed by atoms with Crippen molar-refractivity contribution in [1.29, 1.82) is 0 Å². The van der Waals surface area contributed by atoms with Gasteiger partial charge in [0.15, 0.2) is 0 Å². The lowest BCUT2D eigenvalue weighted by atomic mass is 9.67. The van der Waals surface area contributed by atoms with Crippen molar-refractivity contribution in [3.63, 3.8) is 0 Å². The first-order chi connectivity index (χ1) is 29.7. The Balaban J connectivity index is 0.950. The van der Waals surface area contributed by atoms with Gasteiger partial charge in [0.25, 0.3) is 0 Å². The SMILES string of the molecule is CN1CC2=C(c3c1n(-c1ccc(-c4ccc(-n5c(-c6ccccc6)cc6ccccc65)cc4)cc1)c1ccccc31)C1(c3ccccc32)c2ccccc2-c2ccccc21. The topological polar surface area (TPSA) is 13.1 Å². The van der Waals surface area contributed by atoms with Gasteiger partial charge in [-0.1, -0.05) is 164 Å². The van der Waals surface area contributed by atoms with Crippen LogP contribution in [0.3, 0.4) is 0 Å². The predicted octanol–water partition coefficient (Wildman–Crippen LogP) is 13.6. The molecule has 2 aromatic heterocycles. The highest BCUT2D eigenvalue weighted by Crippen LogP contribution is 2.67. The number of para-hydroxylation sites is 2. The number of anilines is 1. The monoisotopic (exact) mass is 765 g/mol. The zero-order valence-corrected chi connectivity index (χ0v) is 33.2. The average molecular weight is 766 g/mol. The Labute approximate surface area is 349 Å². The first kappa shape index (κ1) is 33.4. The van der Waals surface area contributed by atoms with Crippen LogP contribution in [0.4, 0.5) is 5.82 Å². The van der Waals surface area contributed by atoms with Gasteiger partial charge in [0, 0.05) is 41.3 Å². The molecule has 2 aliphatic carbocycles. The number of fused-ring (bicyclic) bond motifs is 14. The van der Waals surface area contributed by atoms with E-state index in [2.05, 4.69) is 227 Å². The lowest BCUT2D eigenvalue weighted by molar-refractivity contribution is 0.837. The molecule has 0 amide bonds. The second-order valence-corrected chi connectivity index (χ2v) is 16.5. The molecule has 3 nitrogen and oxygen atoms in total. The van der Waals surface area contributed by atoms with Crippen LogP contribution in [0.5, 0.6) is 0 Å². The van der Waals surface area contributed by atoms with E-state index in [4.69, 9.17) is 0 Å². The maximum atomic E-state index is 2.51. The van der Waals surface area contributed by atoms with Gasteiger partial charge in [-0.3, -0.25) is 4.57 Å². The maximum absolute atomic E-state index is 2.51. The number of rotatable bonds is 4. The van der Waals surface area contributed by atoms with Crippen LogP contribution in [-0.4, -0.2) is 22.7 Å². The van der Waals surface area contributed by atoms with Crippen LogP contribution in [-0.2, 0) is 5.41 Å². The summed E-state index contributed by atoms with van der Waals surface area (Å²) < 4.78 is 4.89. The van der Waals surface area contributed by atoms with Gasteiger partial charge in [-0.2, -0.15) is 0 Å². The number of allylic oxidation sites excluding steroid dienone is 1. The predicted molar refractivity (Wildman–Crippen MR) is 249 cm³/mol. The van der Waals surface area contributed by atoms with E-state index >= 15 is 0 Å². The van der Waals surface area contributed by atoms with Crippen molar-refractivity contribution in [3.05, 3.63) is 234 Å². The van der Waals surface area contributed by atoms with Crippen molar-refractivity contribution >= 4 is 38.8 Å². The quantitative estimate of drug-likeness (QED) is 0.174. The van der Waals surface area contributed by atoms with Gasteiger partial charge in [-0.15, -0.1) is 0 Å². The van der Waals surface area contributed by atoms with Gasteiger partial charge in [-0.25, -0.2) is 0 Å². The average Bonchev–Trinajstić information content (AvgIpc) is 4.04. The Bertz CT molecular complexity index is 3350. The summed E-state index contributed by atoms with van der Waals surface area (Å²) >= 11 is 0. The van der Waals surface area contributed by atoms with Gasteiger partial charge in [0.1, 0.15) is 5.82 Å². The summed E-state index contributed by atoms with van der Waals surface area (Å²) in [6.45, 7) is 0.828. The summed E-state index contributed by atoms with van der Waals surface area (Å²) in [5.41, 5.74) is 21.5.